The average molecular weight is 379 g/mol. The van der Waals surface area contributed by atoms with Gasteiger partial charge in [0.2, 0.25) is 0 Å². The third kappa shape index (κ3) is 5.52. The van der Waals surface area contributed by atoms with E-state index in [0.717, 1.165) is 5.69 Å². The van der Waals surface area contributed by atoms with Gasteiger partial charge in [0, 0.05) is 23.0 Å². The van der Waals surface area contributed by atoms with E-state index in [-0.39, 0.29) is 0 Å². The van der Waals surface area contributed by atoms with E-state index in [9.17, 15) is 5.26 Å². The van der Waals surface area contributed by atoms with Gasteiger partial charge in [0.05, 0.1) is 25.0 Å². The van der Waals surface area contributed by atoms with Crippen LogP contribution in [0.25, 0.3) is 0 Å². The van der Waals surface area contributed by atoms with E-state index in [0.29, 0.717) is 46.7 Å². The van der Waals surface area contributed by atoms with Gasteiger partial charge in [0.15, 0.2) is 11.5 Å². The van der Waals surface area contributed by atoms with Crippen LogP contribution < -0.4 is 14.9 Å². The highest BCUT2D eigenvalue weighted by atomic mass is 35.5. The molecule has 0 atom stereocenters. The number of benzene rings is 2. The summed E-state index contributed by atoms with van der Waals surface area (Å²) in [7, 11) is 1.51. The smallest absolute Gasteiger partial charge is 0.163 e. The predicted octanol–water partition coefficient (Wildman–Crippen LogP) is 5.34. The van der Waals surface area contributed by atoms with E-state index in [4.69, 9.17) is 32.7 Å². The molecular weight excluding hydrogens is 363 g/mol. The lowest BCUT2D eigenvalue weighted by Crippen LogP contribution is -2.00. The molecule has 25 heavy (non-hydrogen) atoms. The van der Waals surface area contributed by atoms with Crippen LogP contribution in [0.1, 0.15) is 12.0 Å². The van der Waals surface area contributed by atoms with E-state index >= 15 is 0 Å². The SMILES string of the molecule is COc1cc(C#N)c(N=NNc2ccc(Cl)cc2)cc1OCCCCl. The number of hydrogen-bond donors (Lipinski definition) is 1. The van der Waals surface area contributed by atoms with Gasteiger partial charge < -0.3 is 9.47 Å². The summed E-state index contributed by atoms with van der Waals surface area (Å²) >= 11 is 11.5. The molecule has 8 heteroatoms. The fourth-order valence-corrected chi connectivity index (χ4v) is 2.13. The lowest BCUT2D eigenvalue weighted by atomic mass is 10.1. The van der Waals surface area contributed by atoms with Crippen molar-refractivity contribution >= 4 is 34.6 Å². The summed E-state index contributed by atoms with van der Waals surface area (Å²) < 4.78 is 10.9. The summed E-state index contributed by atoms with van der Waals surface area (Å²) in [5, 5.41) is 17.9. The molecule has 0 aromatic heterocycles. The molecule has 2 aromatic carbocycles. The van der Waals surface area contributed by atoms with Gasteiger partial charge in [-0.05, 0) is 30.7 Å². The zero-order valence-corrected chi connectivity index (χ0v) is 15.0. The van der Waals surface area contributed by atoms with Crippen LogP contribution in [-0.2, 0) is 0 Å². The van der Waals surface area contributed by atoms with Crippen molar-refractivity contribution in [3.8, 4) is 17.6 Å². The molecule has 130 valence electrons. The maximum atomic E-state index is 9.29. The highest BCUT2D eigenvalue weighted by Gasteiger charge is 2.11. The summed E-state index contributed by atoms with van der Waals surface area (Å²) in [4.78, 5) is 0. The van der Waals surface area contributed by atoms with Crippen molar-refractivity contribution in [2.75, 3.05) is 25.0 Å². The average Bonchev–Trinajstić information content (AvgIpc) is 2.63. The highest BCUT2D eigenvalue weighted by Crippen LogP contribution is 2.35. The number of ether oxygens (including phenoxy) is 2. The van der Waals surface area contributed by atoms with E-state index in [2.05, 4.69) is 21.8 Å². The first-order chi connectivity index (χ1) is 12.2. The Bertz CT molecular complexity index is 773. The van der Waals surface area contributed by atoms with Crippen molar-refractivity contribution in [3.05, 3.63) is 47.0 Å². The van der Waals surface area contributed by atoms with Gasteiger partial charge in [-0.3, -0.25) is 5.43 Å². The number of nitrogens with one attached hydrogen (secondary N) is 1. The molecule has 0 heterocycles. The summed E-state index contributed by atoms with van der Waals surface area (Å²) in [5.74, 6) is 1.43. The van der Waals surface area contributed by atoms with Crippen LogP contribution in [0.4, 0.5) is 11.4 Å². The molecule has 0 aliphatic rings. The molecule has 0 saturated carbocycles. The van der Waals surface area contributed by atoms with Crippen LogP contribution in [0.5, 0.6) is 11.5 Å². The maximum Gasteiger partial charge on any atom is 0.163 e. The van der Waals surface area contributed by atoms with Gasteiger partial charge in [0.1, 0.15) is 11.8 Å². The molecule has 0 aliphatic carbocycles. The van der Waals surface area contributed by atoms with Gasteiger partial charge in [0.25, 0.3) is 0 Å². The van der Waals surface area contributed by atoms with Crippen LogP contribution in [0, 0.1) is 11.3 Å². The molecule has 0 fully saturated rings. The Balaban J connectivity index is 2.19. The van der Waals surface area contributed by atoms with Crippen molar-refractivity contribution in [1.82, 2.24) is 0 Å². The number of alkyl halides is 1. The maximum absolute atomic E-state index is 9.29. The lowest BCUT2D eigenvalue weighted by molar-refractivity contribution is 0.295. The Morgan fingerprint density at radius 3 is 2.60 bits per heavy atom. The van der Waals surface area contributed by atoms with Crippen molar-refractivity contribution in [3.63, 3.8) is 0 Å². The summed E-state index contributed by atoms with van der Waals surface area (Å²) in [6, 6.07) is 12.2. The van der Waals surface area contributed by atoms with Gasteiger partial charge in [-0.1, -0.05) is 16.8 Å². The van der Waals surface area contributed by atoms with Gasteiger partial charge in [-0.15, -0.1) is 16.7 Å². The summed E-state index contributed by atoms with van der Waals surface area (Å²) in [6.07, 6.45) is 0.694. The number of nitriles is 1. The van der Waals surface area contributed by atoms with Crippen molar-refractivity contribution in [2.45, 2.75) is 6.42 Å². The third-order valence-electron chi connectivity index (χ3n) is 3.12. The first kappa shape index (κ1) is 18.8. The monoisotopic (exact) mass is 378 g/mol. The second-order valence-electron chi connectivity index (χ2n) is 4.84. The molecule has 0 bridgehead atoms. The fourth-order valence-electron chi connectivity index (χ4n) is 1.89. The number of hydrogen-bond acceptors (Lipinski definition) is 5. The standard InChI is InChI=1S/C17H16Cl2N4O2/c1-24-16-9-12(11-20)15(10-17(16)25-8-2-7-18)22-23-21-14-5-3-13(19)4-6-14/h3-6,9-10H,2,7-8H2,1H3,(H,21,22). The number of methoxy groups -OCH3 is 1. The van der Waals surface area contributed by atoms with Crippen LogP contribution in [0.3, 0.4) is 0 Å². The zero-order chi connectivity index (χ0) is 18.1. The van der Waals surface area contributed by atoms with Crippen LogP contribution in [-0.4, -0.2) is 19.6 Å². The minimum atomic E-state index is 0.322. The Labute approximate surface area is 156 Å². The Morgan fingerprint density at radius 2 is 1.96 bits per heavy atom. The highest BCUT2D eigenvalue weighted by molar-refractivity contribution is 6.30. The molecule has 2 rings (SSSR count). The van der Waals surface area contributed by atoms with Crippen molar-refractivity contribution in [2.24, 2.45) is 10.3 Å². The predicted molar refractivity (Wildman–Crippen MR) is 98.1 cm³/mol. The largest absolute Gasteiger partial charge is 0.493 e. The van der Waals surface area contributed by atoms with Crippen LogP contribution in [0.15, 0.2) is 46.7 Å². The molecule has 6 nitrogen and oxygen atoms in total. The summed E-state index contributed by atoms with van der Waals surface area (Å²) in [5.41, 5.74) is 4.18. The Hall–Kier alpha value is -2.49. The molecule has 0 amide bonds. The number of halogens is 2. The topological polar surface area (TPSA) is 79.0 Å². The number of nitrogens with zero attached hydrogens (tertiary/aromatic N) is 3. The fraction of sp³-hybridized carbons (Fsp3) is 0.235. The molecule has 0 radical (unpaired) electrons. The van der Waals surface area contributed by atoms with E-state index in [1.54, 1.807) is 36.4 Å². The normalized spacial score (nSPS) is 10.5. The van der Waals surface area contributed by atoms with Gasteiger partial charge in [-0.25, -0.2) is 0 Å². The zero-order valence-electron chi connectivity index (χ0n) is 13.5. The van der Waals surface area contributed by atoms with Crippen molar-refractivity contribution in [1.29, 1.82) is 5.26 Å². The minimum absolute atomic E-state index is 0.322. The first-order valence-corrected chi connectivity index (χ1v) is 8.32. The third-order valence-corrected chi connectivity index (χ3v) is 3.64. The van der Waals surface area contributed by atoms with E-state index < -0.39 is 0 Å². The van der Waals surface area contributed by atoms with Crippen LogP contribution in [0.2, 0.25) is 5.02 Å². The van der Waals surface area contributed by atoms with E-state index in [1.807, 2.05) is 0 Å². The van der Waals surface area contributed by atoms with Crippen LogP contribution >= 0.6 is 23.2 Å². The molecule has 0 unspecified atom stereocenters. The lowest BCUT2D eigenvalue weighted by Gasteiger charge is -2.11. The molecular formula is C17H16Cl2N4O2. The number of rotatable bonds is 8. The summed E-state index contributed by atoms with van der Waals surface area (Å²) in [6.45, 7) is 0.436. The van der Waals surface area contributed by atoms with Gasteiger partial charge in [-0.2, -0.15) is 5.26 Å². The molecule has 2 aromatic rings. The van der Waals surface area contributed by atoms with Crippen molar-refractivity contribution < 1.29 is 9.47 Å². The molecule has 0 aliphatic heterocycles. The Kier molecular flexibility index (Phi) is 7.33. The van der Waals surface area contributed by atoms with Gasteiger partial charge >= 0.3 is 0 Å². The first-order valence-electron chi connectivity index (χ1n) is 7.41. The minimum Gasteiger partial charge on any atom is -0.493 e. The van der Waals surface area contributed by atoms with E-state index in [1.165, 1.54) is 7.11 Å². The Morgan fingerprint density at radius 1 is 1.20 bits per heavy atom. The quantitative estimate of drug-likeness (QED) is 0.291. The molecule has 0 saturated heterocycles. The number of anilines is 1. The second-order valence-corrected chi connectivity index (χ2v) is 5.66. The second kappa shape index (κ2) is 9.72. The molecule has 1 N–H and O–H groups in total. The molecule has 0 spiro atoms.